The average molecular weight is 1190 g/mol. The quantitative estimate of drug-likeness (QED) is 0.0714. The Kier molecular flexibility index (Phi) is 23.8. The molecular weight excluding hydrogens is 1100 g/mol. The van der Waals surface area contributed by atoms with Gasteiger partial charge in [-0.1, -0.05) is 103 Å². The van der Waals surface area contributed by atoms with Gasteiger partial charge in [0.2, 0.25) is 0 Å². The Morgan fingerprint density at radius 1 is 0.395 bits per heavy atom. The Hall–Kier alpha value is -7.55. The number of rotatable bonds is 15. The van der Waals surface area contributed by atoms with Crippen LogP contribution in [0.15, 0.2) is 151 Å². The molecule has 3 aliphatic carbocycles. The van der Waals surface area contributed by atoms with Crippen molar-refractivity contribution in [1.29, 1.82) is 0 Å². The van der Waals surface area contributed by atoms with Crippen molar-refractivity contribution in [2.24, 2.45) is 17.8 Å². The van der Waals surface area contributed by atoms with E-state index in [-0.39, 0.29) is 29.8 Å². The molecule has 0 amide bonds. The third-order valence-corrected chi connectivity index (χ3v) is 17.3. The van der Waals surface area contributed by atoms with Crippen molar-refractivity contribution in [3.8, 4) is 34.5 Å². The van der Waals surface area contributed by atoms with E-state index in [1.54, 1.807) is 48.7 Å². The molecule has 0 radical (unpaired) electrons. The number of benzene rings is 6. The lowest BCUT2D eigenvalue weighted by molar-refractivity contribution is -0.112. The summed E-state index contributed by atoms with van der Waals surface area (Å²) in [6.07, 6.45) is 14.8. The number of Topliss-reactive ketones (excluding diaryl/α,β-unsaturated/α-hetero) is 3. The van der Waals surface area contributed by atoms with Gasteiger partial charge in [0.15, 0.2) is 51.8 Å². The van der Waals surface area contributed by atoms with E-state index in [4.69, 9.17) is 28.4 Å². The highest BCUT2D eigenvalue weighted by atomic mass is 35.5. The zero-order valence-corrected chi connectivity index (χ0v) is 51.7. The Balaban J connectivity index is 0.000000155. The number of allylic oxidation sites excluding steroid dienone is 4. The van der Waals surface area contributed by atoms with Gasteiger partial charge in [-0.15, -0.1) is 12.4 Å². The molecule has 6 aliphatic rings. The van der Waals surface area contributed by atoms with Gasteiger partial charge in [-0.2, -0.15) is 0 Å². The van der Waals surface area contributed by atoms with E-state index in [0.29, 0.717) is 71.5 Å². The Morgan fingerprint density at radius 3 is 1.02 bits per heavy atom. The van der Waals surface area contributed by atoms with Crippen LogP contribution in [0.25, 0.3) is 0 Å². The summed E-state index contributed by atoms with van der Waals surface area (Å²) in [4.78, 5) is 55.2. The lowest BCUT2D eigenvalue weighted by atomic mass is 9.93. The molecule has 454 valence electrons. The summed E-state index contributed by atoms with van der Waals surface area (Å²) in [5.41, 5.74) is 11.4. The second-order valence-electron chi connectivity index (χ2n) is 22.8. The van der Waals surface area contributed by atoms with Crippen molar-refractivity contribution in [2.75, 3.05) is 81.9 Å². The van der Waals surface area contributed by atoms with Crippen LogP contribution in [0.1, 0.15) is 109 Å². The highest BCUT2D eigenvalue weighted by molar-refractivity contribution is 6.14. The topological polar surface area (TPSA) is 133 Å². The number of nitrogens with zero attached hydrogens (tertiary/aromatic N) is 3. The monoisotopic (exact) mass is 1190 g/mol. The van der Waals surface area contributed by atoms with Crippen LogP contribution in [-0.4, -0.2) is 120 Å². The van der Waals surface area contributed by atoms with E-state index in [2.05, 4.69) is 112 Å². The number of piperidine rings is 3. The third-order valence-electron chi connectivity index (χ3n) is 17.3. The number of ketones is 3. The first kappa shape index (κ1) is 64.4. The van der Waals surface area contributed by atoms with Crippen LogP contribution in [0, 0.1) is 17.8 Å². The molecule has 0 saturated carbocycles. The molecule has 12 rings (SSSR count). The number of carbonyl (C=O) groups is 4. The number of ether oxygens (including phenoxy) is 6. The second-order valence-corrected chi connectivity index (χ2v) is 22.8. The van der Waals surface area contributed by atoms with E-state index >= 15 is 0 Å². The summed E-state index contributed by atoms with van der Waals surface area (Å²) in [5, 5.41) is 0. The molecule has 6 aromatic rings. The number of methoxy groups -OCH3 is 6. The second kappa shape index (κ2) is 31.7. The molecule has 13 nitrogen and oxygen atoms in total. The fraction of sp³-hybridized carbons (Fsp3) is 0.389. The summed E-state index contributed by atoms with van der Waals surface area (Å²) < 4.78 is 31.8. The molecule has 0 N–H and O–H groups in total. The highest BCUT2D eigenvalue weighted by Crippen LogP contribution is 2.40. The van der Waals surface area contributed by atoms with Gasteiger partial charge in [-0.05, 0) is 166 Å². The predicted molar refractivity (Wildman–Crippen MR) is 340 cm³/mol. The Bertz CT molecular complexity index is 3140. The molecule has 3 saturated heterocycles. The van der Waals surface area contributed by atoms with Gasteiger partial charge in [-0.25, -0.2) is 0 Å². The summed E-state index contributed by atoms with van der Waals surface area (Å²) in [6.45, 7) is 9.45. The molecule has 3 aliphatic heterocycles. The van der Waals surface area contributed by atoms with Crippen molar-refractivity contribution in [3.05, 3.63) is 201 Å². The van der Waals surface area contributed by atoms with E-state index < -0.39 is 0 Å². The minimum atomic E-state index is 0. The van der Waals surface area contributed by atoms with Gasteiger partial charge in [0.05, 0.1) is 42.7 Å². The number of aryl methyl sites for hydroxylation is 1. The number of hydrogen-bond donors (Lipinski definition) is 0. The predicted octanol–water partition coefficient (Wildman–Crippen LogP) is 12.9. The maximum atomic E-state index is 12.9. The lowest BCUT2D eigenvalue weighted by Crippen LogP contribution is -2.33. The molecule has 6 aromatic carbocycles. The SMILES string of the molecule is COc1cc2c(cc1OC)C(=O)/C(=C/C1CCN(Cc3ccccc3)CC1)C2.COc1cc2c(cc1OC)C(=O)/C(=C/C1CCN(Cc3ccccc3)CC1)C2.COc1cc2c(cc1OC)C(=O)CC2.Cl.O=CC1CCN(Cc2ccccc2)CC1. The highest BCUT2D eigenvalue weighted by Gasteiger charge is 2.31. The lowest BCUT2D eigenvalue weighted by Gasteiger charge is -2.30. The van der Waals surface area contributed by atoms with Crippen LogP contribution in [-0.2, 0) is 43.7 Å². The van der Waals surface area contributed by atoms with Gasteiger partial charge < -0.3 is 33.2 Å². The molecule has 3 heterocycles. The van der Waals surface area contributed by atoms with E-state index in [9.17, 15) is 19.2 Å². The molecule has 86 heavy (non-hydrogen) atoms. The minimum Gasteiger partial charge on any atom is -0.493 e. The van der Waals surface area contributed by atoms with Crippen LogP contribution in [0.2, 0.25) is 0 Å². The number of halogens is 1. The largest absolute Gasteiger partial charge is 0.493 e. The van der Waals surface area contributed by atoms with Crippen molar-refractivity contribution in [1.82, 2.24) is 14.7 Å². The average Bonchev–Trinajstić information content (AvgIpc) is 2.66. The summed E-state index contributed by atoms with van der Waals surface area (Å²) in [6, 6.07) is 42.9. The van der Waals surface area contributed by atoms with Gasteiger partial charge >= 0.3 is 0 Å². The van der Waals surface area contributed by atoms with Crippen LogP contribution in [0.3, 0.4) is 0 Å². The molecule has 14 heteroatoms. The van der Waals surface area contributed by atoms with Gasteiger partial charge in [0.25, 0.3) is 0 Å². The molecule has 3 fully saturated rings. The van der Waals surface area contributed by atoms with Crippen molar-refractivity contribution in [3.63, 3.8) is 0 Å². The Labute approximate surface area is 514 Å². The maximum absolute atomic E-state index is 12.9. The van der Waals surface area contributed by atoms with Gasteiger partial charge in [0.1, 0.15) is 6.29 Å². The van der Waals surface area contributed by atoms with E-state index in [0.717, 1.165) is 155 Å². The van der Waals surface area contributed by atoms with Crippen LogP contribution >= 0.6 is 12.4 Å². The van der Waals surface area contributed by atoms with Gasteiger partial charge in [-0.3, -0.25) is 29.1 Å². The molecule has 0 bridgehead atoms. The van der Waals surface area contributed by atoms with Crippen molar-refractivity contribution in [2.45, 2.75) is 83.8 Å². The van der Waals surface area contributed by atoms with Crippen molar-refractivity contribution >= 4 is 36.0 Å². The normalized spacial score (nSPS) is 18.0. The molecule has 0 unspecified atom stereocenters. The number of fused-ring (bicyclic) bond motifs is 3. The molecule has 0 spiro atoms. The third kappa shape index (κ3) is 16.7. The fourth-order valence-corrected chi connectivity index (χ4v) is 12.4. The fourth-order valence-electron chi connectivity index (χ4n) is 12.4. The molecule has 0 aromatic heterocycles. The smallest absolute Gasteiger partial charge is 0.189 e. The molecule has 0 atom stereocenters. The summed E-state index contributed by atoms with van der Waals surface area (Å²) >= 11 is 0. The summed E-state index contributed by atoms with van der Waals surface area (Å²) in [7, 11) is 9.62. The zero-order valence-electron chi connectivity index (χ0n) is 50.9. The van der Waals surface area contributed by atoms with Gasteiger partial charge in [0, 0.05) is 72.7 Å². The minimum absolute atomic E-state index is 0. The van der Waals surface area contributed by atoms with E-state index in [1.165, 1.54) is 16.7 Å². The first-order valence-electron chi connectivity index (χ1n) is 30.0. The van der Waals surface area contributed by atoms with Crippen molar-refractivity contribution < 1.29 is 47.6 Å². The number of aldehydes is 1. The van der Waals surface area contributed by atoms with E-state index in [1.807, 2.05) is 36.4 Å². The standard InChI is InChI=1S/2C24H27NO3.C13H17NO.C11H12O3.ClH/c2*1-27-22-14-19-13-20(24(26)21(19)15-23(22)28-2)12-17-8-10-25(11-9-17)16-18-6-4-3-5-7-18;15-11-13-6-8-14(9-7-13)10-12-4-2-1-3-5-12;1-13-10-5-7-3-4-9(12)8(7)6-11(10)14-2;/h2*3-7,12,14-15,17H,8-11,13,16H2,1-2H3;1-5,11,13H,6-10H2;5-6H,3-4H2,1-2H3;1H/b2*20-12+;;;. The Morgan fingerprint density at radius 2 is 0.698 bits per heavy atom. The number of carbonyl (C=O) groups excluding carboxylic acids is 4. The van der Waals surface area contributed by atoms with Crippen LogP contribution < -0.4 is 28.4 Å². The zero-order chi connectivity index (χ0) is 59.7. The molecular formula is C72H84ClN3O10. The first-order chi connectivity index (χ1) is 41.5. The van der Waals surface area contributed by atoms with Crippen LogP contribution in [0.5, 0.6) is 34.5 Å². The number of likely N-dealkylation sites (tertiary alicyclic amines) is 3. The first-order valence-corrected chi connectivity index (χ1v) is 30.0. The maximum Gasteiger partial charge on any atom is 0.189 e. The van der Waals surface area contributed by atoms with Crippen LogP contribution in [0.4, 0.5) is 0 Å². The summed E-state index contributed by atoms with van der Waals surface area (Å²) in [5.74, 6) is 5.66. The number of hydrogen-bond acceptors (Lipinski definition) is 13.